The minimum absolute atomic E-state index is 0.201. The molecule has 1 aliphatic rings. The first kappa shape index (κ1) is 9.03. The Morgan fingerprint density at radius 2 is 2.38 bits per heavy atom. The van der Waals surface area contributed by atoms with E-state index in [0.717, 1.165) is 22.2 Å². The number of halogens is 1. The fourth-order valence-corrected chi connectivity index (χ4v) is 2.14. The van der Waals surface area contributed by atoms with Crippen molar-refractivity contribution in [3.05, 3.63) is 28.2 Å². The number of ether oxygens (including phenoxy) is 1. The van der Waals surface area contributed by atoms with Crippen LogP contribution in [0.4, 0.5) is 0 Å². The van der Waals surface area contributed by atoms with Gasteiger partial charge in [0.1, 0.15) is 5.75 Å². The molecule has 1 atom stereocenters. The highest BCUT2D eigenvalue weighted by Crippen LogP contribution is 2.38. The normalized spacial score (nSPS) is 20.6. The predicted molar refractivity (Wildman–Crippen MR) is 54.1 cm³/mol. The lowest BCUT2D eigenvalue weighted by atomic mass is 9.94. The molecular formula is C10H11BrO2. The molecule has 0 radical (unpaired) electrons. The van der Waals surface area contributed by atoms with Gasteiger partial charge in [0, 0.05) is 11.5 Å². The van der Waals surface area contributed by atoms with Gasteiger partial charge < -0.3 is 9.84 Å². The number of para-hydroxylation sites is 1. The van der Waals surface area contributed by atoms with Crippen LogP contribution in [-0.2, 0) is 0 Å². The number of rotatable bonds is 1. The van der Waals surface area contributed by atoms with E-state index in [-0.39, 0.29) is 12.5 Å². The maximum atomic E-state index is 9.16. The first-order chi connectivity index (χ1) is 6.33. The van der Waals surface area contributed by atoms with Crippen molar-refractivity contribution in [1.82, 2.24) is 0 Å². The Kier molecular flexibility index (Phi) is 2.56. The molecule has 13 heavy (non-hydrogen) atoms. The van der Waals surface area contributed by atoms with Crippen molar-refractivity contribution < 1.29 is 9.84 Å². The summed E-state index contributed by atoms with van der Waals surface area (Å²) in [5, 5.41) is 9.16. The van der Waals surface area contributed by atoms with Crippen LogP contribution in [0.1, 0.15) is 17.9 Å². The van der Waals surface area contributed by atoms with Gasteiger partial charge in [-0.15, -0.1) is 0 Å². The Balaban J connectivity index is 2.45. The molecule has 1 aliphatic heterocycles. The monoisotopic (exact) mass is 242 g/mol. The van der Waals surface area contributed by atoms with Crippen molar-refractivity contribution in [2.24, 2.45) is 0 Å². The molecule has 70 valence electrons. The van der Waals surface area contributed by atoms with Gasteiger partial charge >= 0.3 is 0 Å². The van der Waals surface area contributed by atoms with Gasteiger partial charge in [-0.3, -0.25) is 0 Å². The van der Waals surface area contributed by atoms with Crippen molar-refractivity contribution >= 4 is 15.9 Å². The van der Waals surface area contributed by atoms with Gasteiger partial charge in [-0.05, 0) is 28.4 Å². The molecule has 0 aromatic heterocycles. The van der Waals surface area contributed by atoms with E-state index in [9.17, 15) is 0 Å². The lowest BCUT2D eigenvalue weighted by Crippen LogP contribution is -2.17. The molecule has 1 N–H and O–H groups in total. The fourth-order valence-electron chi connectivity index (χ4n) is 1.65. The summed E-state index contributed by atoms with van der Waals surface area (Å²) in [5.74, 6) is 1.13. The zero-order valence-corrected chi connectivity index (χ0v) is 8.75. The molecule has 0 saturated carbocycles. The second-order valence-corrected chi connectivity index (χ2v) is 4.03. The van der Waals surface area contributed by atoms with Crippen molar-refractivity contribution in [1.29, 1.82) is 0 Å². The summed E-state index contributed by atoms with van der Waals surface area (Å²) in [5.41, 5.74) is 1.11. The van der Waals surface area contributed by atoms with E-state index in [4.69, 9.17) is 9.84 Å². The second-order valence-electron chi connectivity index (χ2n) is 3.17. The predicted octanol–water partition coefficient (Wildman–Crippen LogP) is 2.31. The summed E-state index contributed by atoms with van der Waals surface area (Å²) >= 11 is 3.43. The van der Waals surface area contributed by atoms with E-state index < -0.39 is 0 Å². The Morgan fingerprint density at radius 3 is 3.15 bits per heavy atom. The van der Waals surface area contributed by atoms with Crippen LogP contribution in [-0.4, -0.2) is 18.3 Å². The summed E-state index contributed by atoms with van der Waals surface area (Å²) in [6.07, 6.45) is 0.903. The fraction of sp³-hybridized carbons (Fsp3) is 0.400. The molecule has 3 heteroatoms. The zero-order chi connectivity index (χ0) is 9.26. The molecule has 0 unspecified atom stereocenters. The van der Waals surface area contributed by atoms with Gasteiger partial charge in [-0.1, -0.05) is 12.1 Å². The number of hydrogen-bond acceptors (Lipinski definition) is 2. The summed E-state index contributed by atoms with van der Waals surface area (Å²) in [6.45, 7) is 0.896. The molecule has 1 heterocycles. The third-order valence-corrected chi connectivity index (χ3v) is 2.99. The standard InChI is InChI=1S/C10H11BrO2/c11-9-3-1-2-8-7(6-12)4-5-13-10(8)9/h1-3,7,12H,4-6H2/t7-/m0/s1. The molecule has 2 rings (SSSR count). The van der Waals surface area contributed by atoms with E-state index in [1.807, 2.05) is 18.2 Å². The summed E-state index contributed by atoms with van der Waals surface area (Å²) in [4.78, 5) is 0. The van der Waals surface area contributed by atoms with Crippen LogP contribution < -0.4 is 4.74 Å². The highest BCUT2D eigenvalue weighted by atomic mass is 79.9. The number of benzene rings is 1. The summed E-state index contributed by atoms with van der Waals surface area (Å²) in [7, 11) is 0. The summed E-state index contributed by atoms with van der Waals surface area (Å²) in [6, 6.07) is 5.94. The molecule has 0 bridgehead atoms. The molecular weight excluding hydrogens is 232 g/mol. The van der Waals surface area contributed by atoms with E-state index >= 15 is 0 Å². The van der Waals surface area contributed by atoms with Gasteiger partial charge in [-0.25, -0.2) is 0 Å². The molecule has 1 aromatic carbocycles. The molecule has 0 fully saturated rings. The third kappa shape index (κ3) is 1.58. The molecule has 0 amide bonds. The Morgan fingerprint density at radius 1 is 1.54 bits per heavy atom. The van der Waals surface area contributed by atoms with Crippen molar-refractivity contribution in [2.75, 3.05) is 13.2 Å². The van der Waals surface area contributed by atoms with Crippen LogP contribution >= 0.6 is 15.9 Å². The van der Waals surface area contributed by atoms with E-state index in [0.29, 0.717) is 6.61 Å². The smallest absolute Gasteiger partial charge is 0.137 e. The van der Waals surface area contributed by atoms with Crippen LogP contribution in [0.2, 0.25) is 0 Å². The topological polar surface area (TPSA) is 29.5 Å². The molecule has 0 saturated heterocycles. The van der Waals surface area contributed by atoms with Crippen molar-refractivity contribution in [2.45, 2.75) is 12.3 Å². The maximum absolute atomic E-state index is 9.16. The molecule has 2 nitrogen and oxygen atoms in total. The maximum Gasteiger partial charge on any atom is 0.137 e. The lowest BCUT2D eigenvalue weighted by Gasteiger charge is -2.25. The van der Waals surface area contributed by atoms with Crippen LogP contribution in [0.3, 0.4) is 0 Å². The number of aliphatic hydroxyl groups excluding tert-OH is 1. The zero-order valence-electron chi connectivity index (χ0n) is 7.16. The SMILES string of the molecule is OC[C@@H]1CCOc2c(Br)cccc21. The average Bonchev–Trinajstić information content (AvgIpc) is 2.18. The largest absolute Gasteiger partial charge is 0.492 e. The van der Waals surface area contributed by atoms with E-state index in [1.165, 1.54) is 0 Å². The highest BCUT2D eigenvalue weighted by Gasteiger charge is 2.21. The van der Waals surface area contributed by atoms with Crippen LogP contribution in [0, 0.1) is 0 Å². The van der Waals surface area contributed by atoms with Crippen LogP contribution in [0.15, 0.2) is 22.7 Å². The first-order valence-corrected chi connectivity index (χ1v) is 5.14. The second kappa shape index (κ2) is 3.68. The highest BCUT2D eigenvalue weighted by molar-refractivity contribution is 9.10. The van der Waals surface area contributed by atoms with Crippen molar-refractivity contribution in [3.63, 3.8) is 0 Å². The minimum atomic E-state index is 0.201. The molecule has 0 spiro atoms. The van der Waals surface area contributed by atoms with Gasteiger partial charge in [0.25, 0.3) is 0 Å². The van der Waals surface area contributed by atoms with Crippen LogP contribution in [0.5, 0.6) is 5.75 Å². The number of hydrogen-bond donors (Lipinski definition) is 1. The van der Waals surface area contributed by atoms with Crippen molar-refractivity contribution in [3.8, 4) is 5.75 Å². The summed E-state index contributed by atoms with van der Waals surface area (Å²) < 4.78 is 6.50. The van der Waals surface area contributed by atoms with Crippen LogP contribution in [0.25, 0.3) is 0 Å². The minimum Gasteiger partial charge on any atom is -0.492 e. The number of fused-ring (bicyclic) bond motifs is 1. The average molecular weight is 243 g/mol. The molecule has 1 aromatic rings. The Hall–Kier alpha value is -0.540. The number of aliphatic hydroxyl groups is 1. The van der Waals surface area contributed by atoms with E-state index in [2.05, 4.69) is 15.9 Å². The quantitative estimate of drug-likeness (QED) is 0.820. The Bertz CT molecular complexity index is 312. The van der Waals surface area contributed by atoms with Gasteiger partial charge in [0.2, 0.25) is 0 Å². The van der Waals surface area contributed by atoms with Gasteiger partial charge in [0.05, 0.1) is 17.7 Å². The lowest BCUT2D eigenvalue weighted by molar-refractivity contribution is 0.204. The molecule has 0 aliphatic carbocycles. The Labute approximate surface area is 85.7 Å². The van der Waals surface area contributed by atoms with Gasteiger partial charge in [-0.2, -0.15) is 0 Å². The third-order valence-electron chi connectivity index (χ3n) is 2.37. The van der Waals surface area contributed by atoms with Gasteiger partial charge in [0.15, 0.2) is 0 Å². The van der Waals surface area contributed by atoms with E-state index in [1.54, 1.807) is 0 Å². The first-order valence-electron chi connectivity index (χ1n) is 4.35.